The van der Waals surface area contributed by atoms with Crippen LogP contribution in [0, 0.1) is 5.92 Å². The first-order chi connectivity index (χ1) is 12.9. The van der Waals surface area contributed by atoms with E-state index >= 15 is 0 Å². The van der Waals surface area contributed by atoms with E-state index in [-0.39, 0.29) is 24.0 Å². The third-order valence-electron chi connectivity index (χ3n) is 4.98. The van der Waals surface area contributed by atoms with Crippen LogP contribution in [0.1, 0.15) is 35.3 Å². The fourth-order valence-corrected chi connectivity index (χ4v) is 3.45. The van der Waals surface area contributed by atoms with Gasteiger partial charge in [0.05, 0.1) is 11.9 Å². The van der Waals surface area contributed by atoms with Crippen LogP contribution in [-0.4, -0.2) is 47.3 Å². The van der Waals surface area contributed by atoms with Crippen molar-refractivity contribution in [3.8, 4) is 5.69 Å². The Kier molecular flexibility index (Phi) is 7.48. The number of alkyl halides is 3. The van der Waals surface area contributed by atoms with E-state index in [0.29, 0.717) is 24.6 Å². The Morgan fingerprint density at radius 1 is 1.25 bits per heavy atom. The molecule has 2 aromatic rings. The number of halogens is 4. The molecule has 28 heavy (non-hydrogen) atoms. The molecule has 1 fully saturated rings. The van der Waals surface area contributed by atoms with Gasteiger partial charge in [-0.15, -0.1) is 12.4 Å². The van der Waals surface area contributed by atoms with Gasteiger partial charge in [-0.2, -0.15) is 18.3 Å². The van der Waals surface area contributed by atoms with Gasteiger partial charge in [-0.3, -0.25) is 4.79 Å². The number of amides is 1. The Morgan fingerprint density at radius 2 is 1.96 bits per heavy atom. The third kappa shape index (κ3) is 5.05. The summed E-state index contributed by atoms with van der Waals surface area (Å²) in [5.74, 6) is 0.455. The van der Waals surface area contributed by atoms with Crippen molar-refractivity contribution in [3.63, 3.8) is 0 Å². The van der Waals surface area contributed by atoms with Crippen LogP contribution in [0.15, 0.2) is 36.5 Å². The van der Waals surface area contributed by atoms with Gasteiger partial charge in [0.15, 0.2) is 0 Å². The van der Waals surface area contributed by atoms with Gasteiger partial charge in [-0.05, 0) is 63.0 Å². The summed E-state index contributed by atoms with van der Waals surface area (Å²) in [7, 11) is 1.93. The van der Waals surface area contributed by atoms with E-state index in [9.17, 15) is 18.0 Å². The average molecular weight is 417 g/mol. The molecule has 0 atom stereocenters. The molecule has 0 aliphatic carbocycles. The number of likely N-dealkylation sites (tertiary alicyclic amines) is 1. The van der Waals surface area contributed by atoms with Gasteiger partial charge in [0.1, 0.15) is 5.69 Å². The van der Waals surface area contributed by atoms with Crippen molar-refractivity contribution in [2.24, 2.45) is 5.92 Å². The highest BCUT2D eigenvalue weighted by Gasteiger charge is 2.35. The molecule has 1 aromatic carbocycles. The highest BCUT2D eigenvalue weighted by molar-refractivity contribution is 5.94. The van der Waals surface area contributed by atoms with Gasteiger partial charge in [-0.1, -0.05) is 6.07 Å². The maximum Gasteiger partial charge on any atom is 0.433 e. The maximum atomic E-state index is 13.1. The second-order valence-electron chi connectivity index (χ2n) is 6.80. The molecule has 2 heterocycles. The van der Waals surface area contributed by atoms with E-state index in [2.05, 4.69) is 10.4 Å². The molecule has 1 aromatic heterocycles. The number of rotatable bonds is 5. The predicted octanol–water partition coefficient (Wildman–Crippen LogP) is 3.77. The van der Waals surface area contributed by atoms with Gasteiger partial charge in [0.25, 0.3) is 5.91 Å². The molecule has 1 N–H and O–H groups in total. The van der Waals surface area contributed by atoms with Crippen molar-refractivity contribution >= 4 is 18.3 Å². The maximum absolute atomic E-state index is 13.1. The lowest BCUT2D eigenvalue weighted by Crippen LogP contribution is -2.39. The van der Waals surface area contributed by atoms with Gasteiger partial charge in [0.2, 0.25) is 0 Å². The Morgan fingerprint density at radius 3 is 2.61 bits per heavy atom. The first-order valence-electron chi connectivity index (χ1n) is 9.05. The molecule has 5 nitrogen and oxygen atoms in total. The summed E-state index contributed by atoms with van der Waals surface area (Å²) in [6.07, 6.45) is -0.415. The van der Waals surface area contributed by atoms with Crippen molar-refractivity contribution in [1.29, 1.82) is 0 Å². The topological polar surface area (TPSA) is 50.2 Å². The third-order valence-corrected chi connectivity index (χ3v) is 4.98. The van der Waals surface area contributed by atoms with E-state index in [4.69, 9.17) is 0 Å². The normalized spacial score (nSPS) is 15.4. The van der Waals surface area contributed by atoms with Crippen LogP contribution in [0.2, 0.25) is 0 Å². The fraction of sp³-hybridized carbons (Fsp3) is 0.474. The van der Waals surface area contributed by atoms with E-state index in [1.807, 2.05) is 7.05 Å². The number of carbonyl (C=O) groups excluding carboxylic acids is 1. The molecule has 154 valence electrons. The molecule has 1 saturated heterocycles. The summed E-state index contributed by atoms with van der Waals surface area (Å²) >= 11 is 0. The smallest absolute Gasteiger partial charge is 0.339 e. The zero-order valence-electron chi connectivity index (χ0n) is 15.6. The first kappa shape index (κ1) is 22.2. The fourth-order valence-electron chi connectivity index (χ4n) is 3.45. The highest BCUT2D eigenvalue weighted by atomic mass is 35.5. The predicted molar refractivity (Wildman–Crippen MR) is 103 cm³/mol. The number of nitrogens with one attached hydrogen (secondary N) is 1. The lowest BCUT2D eigenvalue weighted by molar-refractivity contribution is -0.142. The minimum Gasteiger partial charge on any atom is -0.339 e. The van der Waals surface area contributed by atoms with Gasteiger partial charge in [-0.25, -0.2) is 4.68 Å². The Balaban J connectivity index is 0.00000280. The molecule has 1 amide bonds. The van der Waals surface area contributed by atoms with Crippen molar-refractivity contribution in [2.45, 2.75) is 25.4 Å². The number of hydrogen-bond donors (Lipinski definition) is 1. The SMILES string of the molecule is CNCCC1CCN(C(=O)c2cccc(-n3nccc3C(F)(F)F)c2)CC1.Cl. The van der Waals surface area contributed by atoms with Crippen molar-refractivity contribution in [1.82, 2.24) is 20.0 Å². The molecule has 1 aliphatic heterocycles. The minimum atomic E-state index is -4.51. The molecule has 3 rings (SSSR count). The lowest BCUT2D eigenvalue weighted by Gasteiger charge is -2.32. The average Bonchev–Trinajstić information content (AvgIpc) is 3.17. The number of carbonyl (C=O) groups is 1. The Labute approximate surface area is 168 Å². The van der Waals surface area contributed by atoms with Gasteiger partial charge in [0, 0.05) is 18.7 Å². The molecule has 9 heteroatoms. The zero-order valence-corrected chi connectivity index (χ0v) is 16.4. The number of hydrogen-bond acceptors (Lipinski definition) is 3. The van der Waals surface area contributed by atoms with E-state index in [1.54, 1.807) is 17.0 Å². The van der Waals surface area contributed by atoms with Gasteiger partial charge >= 0.3 is 6.18 Å². The number of nitrogens with zero attached hydrogens (tertiary/aromatic N) is 3. The Hall–Kier alpha value is -2.06. The van der Waals surface area contributed by atoms with Crippen LogP contribution in [0.4, 0.5) is 13.2 Å². The zero-order chi connectivity index (χ0) is 19.4. The van der Waals surface area contributed by atoms with Crippen LogP contribution in [0.25, 0.3) is 5.69 Å². The number of benzene rings is 1. The summed E-state index contributed by atoms with van der Waals surface area (Å²) in [4.78, 5) is 14.6. The molecule has 1 aliphatic rings. The van der Waals surface area contributed by atoms with Gasteiger partial charge < -0.3 is 10.2 Å². The van der Waals surface area contributed by atoms with E-state index in [1.165, 1.54) is 12.1 Å². The quantitative estimate of drug-likeness (QED) is 0.807. The van der Waals surface area contributed by atoms with Crippen molar-refractivity contribution in [3.05, 3.63) is 47.8 Å². The molecule has 0 radical (unpaired) electrons. The van der Waals surface area contributed by atoms with Crippen LogP contribution < -0.4 is 5.32 Å². The van der Waals surface area contributed by atoms with Crippen LogP contribution >= 0.6 is 12.4 Å². The molecule has 0 saturated carbocycles. The van der Waals surface area contributed by atoms with Crippen LogP contribution in [-0.2, 0) is 6.18 Å². The number of aromatic nitrogens is 2. The molecular weight excluding hydrogens is 393 g/mol. The van der Waals surface area contributed by atoms with Crippen molar-refractivity contribution < 1.29 is 18.0 Å². The second-order valence-corrected chi connectivity index (χ2v) is 6.80. The highest BCUT2D eigenvalue weighted by Crippen LogP contribution is 2.30. The molecular formula is C19H24ClF3N4O. The molecule has 0 unspecified atom stereocenters. The molecule has 0 bridgehead atoms. The standard InChI is InChI=1S/C19H23F3N4O.ClH/c1-23-9-5-14-7-11-25(12-8-14)18(27)15-3-2-4-16(13-15)26-17(6-10-24-26)19(20,21)22;/h2-4,6,10,13-14,23H,5,7-9,11-12H2,1H3;1H. The Bertz CT molecular complexity index is 785. The monoisotopic (exact) mass is 416 g/mol. The van der Waals surface area contributed by atoms with Crippen molar-refractivity contribution in [2.75, 3.05) is 26.7 Å². The van der Waals surface area contributed by atoms with Crippen LogP contribution in [0.3, 0.4) is 0 Å². The van der Waals surface area contributed by atoms with Crippen LogP contribution in [0.5, 0.6) is 0 Å². The minimum absolute atomic E-state index is 0. The molecule has 0 spiro atoms. The summed E-state index contributed by atoms with van der Waals surface area (Å²) in [5.41, 5.74) is -0.260. The largest absolute Gasteiger partial charge is 0.433 e. The first-order valence-corrected chi connectivity index (χ1v) is 9.05. The second kappa shape index (κ2) is 9.43. The summed E-state index contributed by atoms with van der Waals surface area (Å²) in [6, 6.07) is 7.13. The summed E-state index contributed by atoms with van der Waals surface area (Å²) < 4.78 is 40.1. The van der Waals surface area contributed by atoms with E-state index < -0.39 is 11.9 Å². The van der Waals surface area contributed by atoms with E-state index in [0.717, 1.165) is 42.8 Å². The number of piperidine rings is 1. The summed E-state index contributed by atoms with van der Waals surface area (Å²) in [5, 5.41) is 6.91. The lowest BCUT2D eigenvalue weighted by atomic mass is 9.93. The summed E-state index contributed by atoms with van der Waals surface area (Å²) in [6.45, 7) is 2.31.